The van der Waals surface area contributed by atoms with Crippen LogP contribution < -0.4 is 4.90 Å². The molecule has 2 heteroatoms. The van der Waals surface area contributed by atoms with Crippen LogP contribution in [0, 0.1) is 20.8 Å². The fraction of sp³-hybridized carbons (Fsp3) is 0.368. The lowest BCUT2D eigenvalue weighted by atomic mass is 9.98. The van der Waals surface area contributed by atoms with Crippen molar-refractivity contribution < 1.29 is 5.11 Å². The van der Waals surface area contributed by atoms with Gasteiger partial charge in [-0.1, -0.05) is 29.8 Å². The van der Waals surface area contributed by atoms with Crippen molar-refractivity contribution in [3.05, 3.63) is 58.1 Å². The van der Waals surface area contributed by atoms with Crippen molar-refractivity contribution >= 4 is 5.69 Å². The summed E-state index contributed by atoms with van der Waals surface area (Å²) in [6.07, 6.45) is 2.40. The molecule has 0 radical (unpaired) electrons. The Hall–Kier alpha value is -1.96. The van der Waals surface area contributed by atoms with Crippen molar-refractivity contribution in [1.82, 2.24) is 0 Å². The van der Waals surface area contributed by atoms with E-state index in [-0.39, 0.29) is 0 Å². The van der Waals surface area contributed by atoms with Crippen molar-refractivity contribution in [3.63, 3.8) is 0 Å². The van der Waals surface area contributed by atoms with E-state index in [0.29, 0.717) is 5.75 Å². The third kappa shape index (κ3) is 2.76. The van der Waals surface area contributed by atoms with Crippen LogP contribution in [-0.2, 0) is 13.0 Å². The smallest absolute Gasteiger partial charge is 0.121 e. The molecule has 0 saturated heterocycles. The van der Waals surface area contributed by atoms with Gasteiger partial charge >= 0.3 is 0 Å². The minimum Gasteiger partial charge on any atom is -0.507 e. The van der Waals surface area contributed by atoms with Crippen LogP contribution in [0.25, 0.3) is 0 Å². The summed E-state index contributed by atoms with van der Waals surface area (Å²) in [6.45, 7) is 8.12. The van der Waals surface area contributed by atoms with Gasteiger partial charge in [0.25, 0.3) is 0 Å². The van der Waals surface area contributed by atoms with Gasteiger partial charge < -0.3 is 10.0 Å². The Bertz CT molecular complexity index is 652. The van der Waals surface area contributed by atoms with Gasteiger partial charge in [-0.25, -0.2) is 0 Å². The quantitative estimate of drug-likeness (QED) is 0.888. The zero-order chi connectivity index (χ0) is 15.0. The van der Waals surface area contributed by atoms with Crippen molar-refractivity contribution in [2.45, 2.75) is 40.2 Å². The zero-order valence-corrected chi connectivity index (χ0v) is 13.1. The van der Waals surface area contributed by atoms with Crippen LogP contribution in [0.4, 0.5) is 5.69 Å². The summed E-state index contributed by atoms with van der Waals surface area (Å²) in [5.41, 5.74) is 7.38. The molecule has 0 aromatic heterocycles. The molecule has 2 nitrogen and oxygen atoms in total. The molecule has 0 spiro atoms. The van der Waals surface area contributed by atoms with Crippen LogP contribution in [0.1, 0.15) is 34.2 Å². The number of phenols is 1. The van der Waals surface area contributed by atoms with E-state index in [1.165, 1.54) is 35.2 Å². The van der Waals surface area contributed by atoms with Crippen molar-refractivity contribution in [1.29, 1.82) is 0 Å². The molecule has 1 aliphatic heterocycles. The van der Waals surface area contributed by atoms with Crippen molar-refractivity contribution in [2.75, 3.05) is 11.4 Å². The molecule has 0 unspecified atom stereocenters. The molecule has 1 heterocycles. The minimum absolute atomic E-state index is 0.424. The first-order chi connectivity index (χ1) is 10.0. The van der Waals surface area contributed by atoms with E-state index in [1.807, 2.05) is 13.8 Å². The SMILES string of the molecule is Cc1ccc2c(c1)CCCN2Cc1cc(C)c(O)c(C)c1. The van der Waals surface area contributed by atoms with Gasteiger partial charge in [-0.2, -0.15) is 0 Å². The molecule has 0 fully saturated rings. The number of benzene rings is 2. The molecular formula is C19H23NO. The Morgan fingerprint density at radius 1 is 1.05 bits per heavy atom. The molecule has 1 aliphatic rings. The highest BCUT2D eigenvalue weighted by Crippen LogP contribution is 2.30. The third-order valence-electron chi connectivity index (χ3n) is 4.37. The van der Waals surface area contributed by atoms with Crippen molar-refractivity contribution in [3.8, 4) is 5.75 Å². The molecule has 2 aromatic carbocycles. The number of nitrogens with zero attached hydrogens (tertiary/aromatic N) is 1. The minimum atomic E-state index is 0.424. The van der Waals surface area contributed by atoms with E-state index in [0.717, 1.165) is 24.2 Å². The van der Waals surface area contributed by atoms with Crippen LogP contribution >= 0.6 is 0 Å². The van der Waals surface area contributed by atoms with E-state index >= 15 is 0 Å². The Morgan fingerprint density at radius 3 is 2.48 bits per heavy atom. The molecule has 0 aliphatic carbocycles. The van der Waals surface area contributed by atoms with Gasteiger partial charge in [0.05, 0.1) is 0 Å². The van der Waals surface area contributed by atoms with Crippen LogP contribution in [0.15, 0.2) is 30.3 Å². The lowest BCUT2D eigenvalue weighted by Crippen LogP contribution is -2.28. The first-order valence-corrected chi connectivity index (χ1v) is 7.68. The van der Waals surface area contributed by atoms with E-state index in [2.05, 4.69) is 42.2 Å². The molecule has 0 bridgehead atoms. The summed E-state index contributed by atoms with van der Waals surface area (Å²) in [5, 5.41) is 9.91. The highest BCUT2D eigenvalue weighted by atomic mass is 16.3. The Labute approximate surface area is 127 Å². The predicted molar refractivity (Wildman–Crippen MR) is 88.1 cm³/mol. The van der Waals surface area contributed by atoms with Crippen LogP contribution in [0.3, 0.4) is 0 Å². The van der Waals surface area contributed by atoms with Crippen LogP contribution in [0.2, 0.25) is 0 Å². The highest BCUT2D eigenvalue weighted by molar-refractivity contribution is 5.57. The number of anilines is 1. The summed E-state index contributed by atoms with van der Waals surface area (Å²) in [7, 11) is 0. The van der Waals surface area contributed by atoms with E-state index in [9.17, 15) is 5.11 Å². The molecule has 0 atom stereocenters. The predicted octanol–water partition coefficient (Wildman–Crippen LogP) is 4.27. The summed E-state index contributed by atoms with van der Waals surface area (Å²) >= 11 is 0. The number of aromatic hydroxyl groups is 1. The second-order valence-corrected chi connectivity index (χ2v) is 6.24. The lowest BCUT2D eigenvalue weighted by molar-refractivity contribution is 0.466. The summed E-state index contributed by atoms with van der Waals surface area (Å²) in [4.78, 5) is 2.46. The lowest BCUT2D eigenvalue weighted by Gasteiger charge is -2.32. The van der Waals surface area contributed by atoms with Crippen molar-refractivity contribution in [2.24, 2.45) is 0 Å². The molecular weight excluding hydrogens is 258 g/mol. The maximum absolute atomic E-state index is 9.91. The summed E-state index contributed by atoms with van der Waals surface area (Å²) < 4.78 is 0. The second kappa shape index (κ2) is 5.44. The molecule has 0 amide bonds. The average molecular weight is 281 g/mol. The highest BCUT2D eigenvalue weighted by Gasteiger charge is 2.17. The molecule has 1 N–H and O–H groups in total. The fourth-order valence-corrected chi connectivity index (χ4v) is 3.33. The number of phenolic OH excluding ortho intramolecular Hbond substituents is 1. The molecule has 21 heavy (non-hydrogen) atoms. The van der Waals surface area contributed by atoms with Gasteiger partial charge in [-0.15, -0.1) is 0 Å². The summed E-state index contributed by atoms with van der Waals surface area (Å²) in [6, 6.07) is 11.0. The van der Waals surface area contributed by atoms with E-state index in [1.54, 1.807) is 0 Å². The molecule has 110 valence electrons. The van der Waals surface area contributed by atoms with E-state index < -0.39 is 0 Å². The molecule has 0 saturated carbocycles. The largest absolute Gasteiger partial charge is 0.507 e. The Balaban J connectivity index is 1.90. The topological polar surface area (TPSA) is 23.5 Å². The monoisotopic (exact) mass is 281 g/mol. The van der Waals surface area contributed by atoms with Gasteiger partial charge in [-0.05, 0) is 61.9 Å². The number of fused-ring (bicyclic) bond motifs is 1. The van der Waals surface area contributed by atoms with Gasteiger partial charge in [0.15, 0.2) is 0 Å². The third-order valence-corrected chi connectivity index (χ3v) is 4.37. The van der Waals surface area contributed by atoms with Gasteiger partial charge in [0.1, 0.15) is 5.75 Å². The van der Waals surface area contributed by atoms with Crippen LogP contribution in [-0.4, -0.2) is 11.7 Å². The maximum Gasteiger partial charge on any atom is 0.121 e. The Kier molecular flexibility index (Phi) is 3.62. The zero-order valence-electron chi connectivity index (χ0n) is 13.1. The number of hydrogen-bond acceptors (Lipinski definition) is 2. The average Bonchev–Trinajstić information content (AvgIpc) is 2.44. The second-order valence-electron chi connectivity index (χ2n) is 6.24. The molecule has 2 aromatic rings. The normalized spacial score (nSPS) is 14.1. The first-order valence-electron chi connectivity index (χ1n) is 7.68. The van der Waals surface area contributed by atoms with Gasteiger partial charge in [0.2, 0.25) is 0 Å². The first kappa shape index (κ1) is 14.0. The number of rotatable bonds is 2. The Morgan fingerprint density at radius 2 is 1.76 bits per heavy atom. The fourth-order valence-electron chi connectivity index (χ4n) is 3.33. The summed E-state index contributed by atoms with van der Waals surface area (Å²) in [5.74, 6) is 0.424. The molecule has 3 rings (SSSR count). The van der Waals surface area contributed by atoms with Gasteiger partial charge in [-0.3, -0.25) is 0 Å². The number of aryl methyl sites for hydroxylation is 4. The maximum atomic E-state index is 9.91. The standard InChI is InChI=1S/C19H23NO/c1-13-6-7-18-17(9-13)5-4-8-20(18)12-16-10-14(2)19(21)15(3)11-16/h6-7,9-11,21H,4-5,8,12H2,1-3H3. The van der Waals surface area contributed by atoms with Gasteiger partial charge in [0, 0.05) is 18.8 Å². The number of hydrogen-bond donors (Lipinski definition) is 1. The van der Waals surface area contributed by atoms with E-state index in [4.69, 9.17) is 0 Å². The van der Waals surface area contributed by atoms with Crippen LogP contribution in [0.5, 0.6) is 5.75 Å².